The molecule has 112 valence electrons. The SMILES string of the molecule is CC(c1ccccc1Cl)N(C)C(=O)CNC(=O)CN.Cl. The van der Waals surface area contributed by atoms with E-state index in [-0.39, 0.29) is 43.4 Å². The van der Waals surface area contributed by atoms with Crippen molar-refractivity contribution in [3.05, 3.63) is 34.9 Å². The number of hydrogen-bond donors (Lipinski definition) is 2. The summed E-state index contributed by atoms with van der Waals surface area (Å²) in [5.74, 6) is -0.554. The summed E-state index contributed by atoms with van der Waals surface area (Å²) in [6, 6.07) is 7.18. The second-order valence-electron chi connectivity index (χ2n) is 4.18. The van der Waals surface area contributed by atoms with Gasteiger partial charge >= 0.3 is 0 Å². The lowest BCUT2D eigenvalue weighted by molar-refractivity contribution is -0.133. The minimum absolute atomic E-state index is 0. The van der Waals surface area contributed by atoms with Crippen molar-refractivity contribution in [2.75, 3.05) is 20.1 Å². The van der Waals surface area contributed by atoms with Crippen LogP contribution in [-0.2, 0) is 9.59 Å². The number of nitrogens with two attached hydrogens (primary N) is 1. The number of nitrogens with zero attached hydrogens (tertiary/aromatic N) is 1. The number of hydrogen-bond acceptors (Lipinski definition) is 3. The third-order valence-electron chi connectivity index (χ3n) is 2.95. The summed E-state index contributed by atoms with van der Waals surface area (Å²) in [5, 5.41) is 3.06. The van der Waals surface area contributed by atoms with Gasteiger partial charge in [-0.1, -0.05) is 29.8 Å². The quantitative estimate of drug-likeness (QED) is 0.860. The summed E-state index contributed by atoms with van der Waals surface area (Å²) in [6.07, 6.45) is 0. The van der Waals surface area contributed by atoms with Crippen LogP contribution in [-0.4, -0.2) is 36.9 Å². The maximum absolute atomic E-state index is 11.9. The average Bonchev–Trinajstić information content (AvgIpc) is 2.43. The Morgan fingerprint density at radius 1 is 1.40 bits per heavy atom. The van der Waals surface area contributed by atoms with Crippen LogP contribution < -0.4 is 11.1 Å². The first-order chi connectivity index (χ1) is 8.97. The van der Waals surface area contributed by atoms with Crippen molar-refractivity contribution in [3.63, 3.8) is 0 Å². The molecule has 0 spiro atoms. The number of amides is 2. The van der Waals surface area contributed by atoms with Crippen LogP contribution in [0, 0.1) is 0 Å². The molecule has 5 nitrogen and oxygen atoms in total. The summed E-state index contributed by atoms with van der Waals surface area (Å²) in [7, 11) is 1.67. The van der Waals surface area contributed by atoms with Gasteiger partial charge in [-0.2, -0.15) is 0 Å². The van der Waals surface area contributed by atoms with E-state index in [2.05, 4.69) is 5.32 Å². The predicted octanol–water partition coefficient (Wildman–Crippen LogP) is 1.36. The van der Waals surface area contributed by atoms with Crippen molar-refractivity contribution >= 4 is 35.8 Å². The lowest BCUT2D eigenvalue weighted by Crippen LogP contribution is -2.41. The Morgan fingerprint density at radius 3 is 2.55 bits per heavy atom. The Balaban J connectivity index is 0.00000361. The van der Waals surface area contributed by atoms with E-state index in [9.17, 15) is 9.59 Å². The van der Waals surface area contributed by atoms with Crippen molar-refractivity contribution in [2.24, 2.45) is 5.73 Å². The van der Waals surface area contributed by atoms with Crippen molar-refractivity contribution in [2.45, 2.75) is 13.0 Å². The van der Waals surface area contributed by atoms with Crippen LogP contribution in [0.3, 0.4) is 0 Å². The van der Waals surface area contributed by atoms with Gasteiger partial charge < -0.3 is 16.0 Å². The topological polar surface area (TPSA) is 75.4 Å². The van der Waals surface area contributed by atoms with Crippen molar-refractivity contribution in [3.8, 4) is 0 Å². The summed E-state index contributed by atoms with van der Waals surface area (Å²) in [4.78, 5) is 24.5. The zero-order valence-corrected chi connectivity index (χ0v) is 13.0. The molecule has 0 aliphatic carbocycles. The van der Waals surface area contributed by atoms with Gasteiger partial charge in [0.1, 0.15) is 0 Å². The fraction of sp³-hybridized carbons (Fsp3) is 0.385. The van der Waals surface area contributed by atoms with E-state index in [1.54, 1.807) is 13.1 Å². The second kappa shape index (κ2) is 8.79. The van der Waals surface area contributed by atoms with Crippen LogP contribution in [0.1, 0.15) is 18.5 Å². The minimum atomic E-state index is -0.354. The monoisotopic (exact) mass is 319 g/mol. The third kappa shape index (κ3) is 5.00. The molecule has 7 heteroatoms. The van der Waals surface area contributed by atoms with E-state index in [1.165, 1.54) is 4.90 Å². The van der Waals surface area contributed by atoms with E-state index >= 15 is 0 Å². The highest BCUT2D eigenvalue weighted by Gasteiger charge is 2.19. The van der Waals surface area contributed by atoms with Crippen LogP contribution in [0.2, 0.25) is 5.02 Å². The highest BCUT2D eigenvalue weighted by Crippen LogP contribution is 2.25. The molecule has 0 radical (unpaired) electrons. The van der Waals surface area contributed by atoms with Crippen molar-refractivity contribution in [1.29, 1.82) is 0 Å². The minimum Gasteiger partial charge on any atom is -0.346 e. The van der Waals surface area contributed by atoms with Crippen LogP contribution in [0.5, 0.6) is 0 Å². The molecular formula is C13H19Cl2N3O2. The zero-order valence-electron chi connectivity index (χ0n) is 11.4. The molecule has 2 amide bonds. The molecule has 0 bridgehead atoms. The molecule has 0 aliphatic rings. The fourth-order valence-corrected chi connectivity index (χ4v) is 1.90. The van der Waals surface area contributed by atoms with Gasteiger partial charge in [0.25, 0.3) is 0 Å². The van der Waals surface area contributed by atoms with Gasteiger partial charge in [-0.05, 0) is 18.6 Å². The summed E-state index contributed by atoms with van der Waals surface area (Å²) < 4.78 is 0. The van der Waals surface area contributed by atoms with Gasteiger partial charge in [-0.3, -0.25) is 9.59 Å². The second-order valence-corrected chi connectivity index (χ2v) is 4.59. The number of benzene rings is 1. The first kappa shape index (κ1) is 18.7. The van der Waals surface area contributed by atoms with Crippen molar-refractivity contribution < 1.29 is 9.59 Å². The van der Waals surface area contributed by atoms with Gasteiger partial charge in [0.05, 0.1) is 19.1 Å². The first-order valence-corrected chi connectivity index (χ1v) is 6.32. The highest BCUT2D eigenvalue weighted by molar-refractivity contribution is 6.31. The van der Waals surface area contributed by atoms with Gasteiger partial charge in [0, 0.05) is 12.1 Å². The van der Waals surface area contributed by atoms with Crippen LogP contribution in [0.4, 0.5) is 0 Å². The number of nitrogens with one attached hydrogen (secondary N) is 1. The highest BCUT2D eigenvalue weighted by atomic mass is 35.5. The Hall–Kier alpha value is -1.30. The maximum atomic E-state index is 11.9. The van der Waals surface area contributed by atoms with Gasteiger partial charge in [0.2, 0.25) is 11.8 Å². The largest absolute Gasteiger partial charge is 0.346 e. The van der Waals surface area contributed by atoms with Crippen LogP contribution >= 0.6 is 24.0 Å². The molecule has 1 unspecified atom stereocenters. The Bertz CT molecular complexity index is 469. The van der Waals surface area contributed by atoms with Gasteiger partial charge in [-0.15, -0.1) is 12.4 Å². The van der Waals surface area contributed by atoms with Crippen molar-refractivity contribution in [1.82, 2.24) is 10.2 Å². The van der Waals surface area contributed by atoms with Crippen LogP contribution in [0.25, 0.3) is 0 Å². The average molecular weight is 320 g/mol. The smallest absolute Gasteiger partial charge is 0.242 e. The number of halogens is 2. The Morgan fingerprint density at radius 2 is 2.00 bits per heavy atom. The molecule has 0 saturated carbocycles. The maximum Gasteiger partial charge on any atom is 0.242 e. The number of likely N-dealkylation sites (N-methyl/N-ethyl adjacent to an activating group) is 1. The number of carbonyl (C=O) groups is 2. The van der Waals surface area contributed by atoms with E-state index in [0.29, 0.717) is 5.02 Å². The molecule has 1 aromatic carbocycles. The molecular weight excluding hydrogens is 301 g/mol. The van der Waals surface area contributed by atoms with E-state index in [1.807, 2.05) is 25.1 Å². The molecule has 20 heavy (non-hydrogen) atoms. The van der Waals surface area contributed by atoms with Gasteiger partial charge in [-0.25, -0.2) is 0 Å². The number of rotatable bonds is 5. The summed E-state index contributed by atoms with van der Waals surface area (Å²) in [6.45, 7) is 1.68. The molecule has 0 heterocycles. The first-order valence-electron chi connectivity index (χ1n) is 5.94. The third-order valence-corrected chi connectivity index (χ3v) is 3.30. The standard InChI is InChI=1S/C13H18ClN3O2.ClH/c1-9(10-5-3-4-6-11(10)14)17(2)13(19)8-16-12(18)7-15;/h3-6,9H,7-8,15H2,1-2H3,(H,16,18);1H. The summed E-state index contributed by atoms with van der Waals surface area (Å²) >= 11 is 6.09. The normalized spacial score (nSPS) is 11.2. The lowest BCUT2D eigenvalue weighted by atomic mass is 10.1. The molecule has 1 atom stereocenters. The lowest BCUT2D eigenvalue weighted by Gasteiger charge is -2.26. The fourth-order valence-electron chi connectivity index (χ4n) is 1.61. The summed E-state index contributed by atoms with van der Waals surface area (Å²) in [5.41, 5.74) is 6.02. The predicted molar refractivity (Wildman–Crippen MR) is 81.9 cm³/mol. The van der Waals surface area contributed by atoms with Gasteiger partial charge in [0.15, 0.2) is 0 Å². The molecule has 0 aromatic heterocycles. The molecule has 0 aliphatic heterocycles. The molecule has 0 fully saturated rings. The van der Waals surface area contributed by atoms with E-state index < -0.39 is 0 Å². The molecule has 0 saturated heterocycles. The zero-order chi connectivity index (χ0) is 14.4. The molecule has 1 rings (SSSR count). The van der Waals surface area contributed by atoms with E-state index in [0.717, 1.165) is 5.56 Å². The molecule has 1 aromatic rings. The Kier molecular flexibility index (Phi) is 8.22. The van der Waals surface area contributed by atoms with Crippen LogP contribution in [0.15, 0.2) is 24.3 Å². The van der Waals surface area contributed by atoms with E-state index in [4.69, 9.17) is 17.3 Å². The molecule has 3 N–H and O–H groups in total. The Labute approximate surface area is 129 Å². The number of carbonyl (C=O) groups excluding carboxylic acids is 2.